The summed E-state index contributed by atoms with van der Waals surface area (Å²) in [6, 6.07) is 19.0. The van der Waals surface area contributed by atoms with Gasteiger partial charge in [-0.3, -0.25) is 4.90 Å². The second-order valence-corrected chi connectivity index (χ2v) is 8.28. The summed E-state index contributed by atoms with van der Waals surface area (Å²) in [5.41, 5.74) is 3.65. The van der Waals surface area contributed by atoms with Gasteiger partial charge in [-0.05, 0) is 85.4 Å². The van der Waals surface area contributed by atoms with Gasteiger partial charge in [0.05, 0.1) is 18.7 Å². The number of allylic oxidation sites excluding steroid dienone is 1. The average molecular weight is 491 g/mol. The van der Waals surface area contributed by atoms with Crippen LogP contribution in [0.3, 0.4) is 0 Å². The van der Waals surface area contributed by atoms with Crippen LogP contribution in [-0.2, 0) is 0 Å². The highest BCUT2D eigenvalue weighted by molar-refractivity contribution is 7.80. The largest absolute Gasteiger partial charge is 0.497 e. The van der Waals surface area contributed by atoms with Crippen molar-refractivity contribution in [1.82, 2.24) is 15.5 Å². The zero-order chi connectivity index (χ0) is 24.5. The Balaban J connectivity index is 1.63. The maximum Gasteiger partial charge on any atom is 0.258 e. The van der Waals surface area contributed by atoms with E-state index in [4.69, 9.17) is 21.5 Å². The first kappa shape index (κ1) is 22.7. The van der Waals surface area contributed by atoms with Crippen LogP contribution in [-0.4, -0.2) is 22.4 Å². The Morgan fingerprint density at radius 3 is 2.20 bits per heavy atom. The molecule has 0 aliphatic carbocycles. The summed E-state index contributed by atoms with van der Waals surface area (Å²) >= 11 is 5.72. The maximum atomic E-state index is 13.6. The molecule has 35 heavy (non-hydrogen) atoms. The summed E-state index contributed by atoms with van der Waals surface area (Å²) in [6.45, 7) is 1.91. The predicted molar refractivity (Wildman–Crippen MR) is 133 cm³/mol. The Morgan fingerprint density at radius 2 is 1.57 bits per heavy atom. The number of benzene rings is 3. The van der Waals surface area contributed by atoms with Gasteiger partial charge in [-0.1, -0.05) is 17.3 Å². The molecular weight excluding hydrogens is 470 g/mol. The number of anilines is 1. The summed E-state index contributed by atoms with van der Waals surface area (Å²) in [7, 11) is 1.60. The number of rotatable bonds is 5. The molecule has 0 fully saturated rings. The summed E-state index contributed by atoms with van der Waals surface area (Å²) in [5.74, 6) is 0.613. The van der Waals surface area contributed by atoms with E-state index in [1.165, 1.54) is 24.3 Å². The highest BCUT2D eigenvalue weighted by Gasteiger charge is 2.34. The number of hydrogen-bond donors (Lipinski definition) is 1. The first-order chi connectivity index (χ1) is 16.9. The van der Waals surface area contributed by atoms with E-state index in [-0.39, 0.29) is 17.5 Å². The van der Waals surface area contributed by atoms with Crippen LogP contribution in [0.4, 0.5) is 14.5 Å². The molecule has 2 heterocycles. The molecule has 1 atom stereocenters. The minimum atomic E-state index is -0.459. The summed E-state index contributed by atoms with van der Waals surface area (Å²) in [6.07, 6.45) is 0. The van der Waals surface area contributed by atoms with E-state index in [1.54, 1.807) is 31.4 Å². The number of nitrogens with zero attached hydrogens (tertiary/aromatic N) is 3. The van der Waals surface area contributed by atoms with E-state index < -0.39 is 6.04 Å². The Labute approximate surface area is 205 Å². The molecular formula is C26H20F2N4O2S. The molecule has 0 saturated carbocycles. The molecule has 1 aliphatic heterocycles. The van der Waals surface area contributed by atoms with Crippen LogP contribution in [0.25, 0.3) is 17.0 Å². The van der Waals surface area contributed by atoms with Gasteiger partial charge in [0.2, 0.25) is 5.82 Å². The van der Waals surface area contributed by atoms with E-state index in [0.717, 1.165) is 22.7 Å². The number of hydrogen-bond acceptors (Lipinski definition) is 5. The van der Waals surface area contributed by atoms with Crippen molar-refractivity contribution in [2.24, 2.45) is 0 Å². The Kier molecular flexibility index (Phi) is 6.00. The molecule has 0 saturated heterocycles. The van der Waals surface area contributed by atoms with Gasteiger partial charge in [-0.25, -0.2) is 8.78 Å². The fraction of sp³-hybridized carbons (Fsp3) is 0.115. The maximum absolute atomic E-state index is 13.6. The zero-order valence-corrected chi connectivity index (χ0v) is 19.6. The topological polar surface area (TPSA) is 63.4 Å². The molecule has 0 radical (unpaired) electrons. The van der Waals surface area contributed by atoms with E-state index in [9.17, 15) is 8.78 Å². The van der Waals surface area contributed by atoms with Gasteiger partial charge in [0, 0.05) is 16.9 Å². The number of methoxy groups -OCH3 is 1. The fourth-order valence-corrected chi connectivity index (χ4v) is 4.38. The van der Waals surface area contributed by atoms with Crippen molar-refractivity contribution in [3.63, 3.8) is 0 Å². The van der Waals surface area contributed by atoms with Crippen LogP contribution in [0.5, 0.6) is 5.75 Å². The van der Waals surface area contributed by atoms with Crippen LogP contribution in [0.1, 0.15) is 24.4 Å². The van der Waals surface area contributed by atoms with Crippen LogP contribution >= 0.6 is 12.2 Å². The number of nitrogens with one attached hydrogen (secondary N) is 1. The van der Waals surface area contributed by atoms with Crippen molar-refractivity contribution >= 4 is 28.6 Å². The SMILES string of the molecule is COc1ccc(N2C(=S)NC(c3ccc(F)cc3)C(c3nc(-c4ccc(F)cc4)no3)=C2C)cc1. The number of halogens is 2. The lowest BCUT2D eigenvalue weighted by Gasteiger charge is -2.37. The van der Waals surface area contributed by atoms with Crippen LogP contribution < -0.4 is 15.0 Å². The van der Waals surface area contributed by atoms with Crippen molar-refractivity contribution in [3.05, 3.63) is 102 Å². The number of aromatic nitrogens is 2. The van der Waals surface area contributed by atoms with Crippen LogP contribution in [0.2, 0.25) is 0 Å². The first-order valence-electron chi connectivity index (χ1n) is 10.8. The van der Waals surface area contributed by atoms with Gasteiger partial charge in [-0.2, -0.15) is 4.98 Å². The third kappa shape index (κ3) is 4.38. The van der Waals surface area contributed by atoms with Gasteiger partial charge >= 0.3 is 0 Å². The van der Waals surface area contributed by atoms with Gasteiger partial charge < -0.3 is 14.6 Å². The lowest BCUT2D eigenvalue weighted by Crippen LogP contribution is -2.46. The van der Waals surface area contributed by atoms with Crippen molar-refractivity contribution in [1.29, 1.82) is 0 Å². The van der Waals surface area contributed by atoms with Gasteiger partial charge in [0.1, 0.15) is 17.4 Å². The van der Waals surface area contributed by atoms with Gasteiger partial charge in [-0.15, -0.1) is 0 Å². The van der Waals surface area contributed by atoms with E-state index in [1.807, 2.05) is 36.1 Å². The lowest BCUT2D eigenvalue weighted by molar-refractivity contribution is 0.404. The molecule has 5 rings (SSSR count). The highest BCUT2D eigenvalue weighted by Crippen LogP contribution is 2.39. The van der Waals surface area contributed by atoms with Crippen LogP contribution in [0, 0.1) is 11.6 Å². The Hall–Kier alpha value is -4.11. The second-order valence-electron chi connectivity index (χ2n) is 7.90. The Morgan fingerprint density at radius 1 is 0.943 bits per heavy atom. The van der Waals surface area contributed by atoms with Crippen molar-refractivity contribution in [2.45, 2.75) is 13.0 Å². The third-order valence-electron chi connectivity index (χ3n) is 5.78. The van der Waals surface area contributed by atoms with Crippen molar-refractivity contribution < 1.29 is 18.0 Å². The van der Waals surface area contributed by atoms with E-state index >= 15 is 0 Å². The van der Waals surface area contributed by atoms with Crippen LogP contribution in [0.15, 0.2) is 83.0 Å². The quantitative estimate of drug-likeness (QED) is 0.350. The standard InChI is InChI=1S/C26H20F2N4O2S/c1-15-22(25-30-24(31-34-25)17-5-9-19(28)10-6-17)23(16-3-7-18(27)8-4-16)29-26(35)32(15)20-11-13-21(33-2)14-12-20/h3-14,23H,1-2H3,(H,29,35). The molecule has 0 bridgehead atoms. The lowest BCUT2D eigenvalue weighted by atomic mass is 9.94. The molecule has 6 nitrogen and oxygen atoms in total. The monoisotopic (exact) mass is 490 g/mol. The van der Waals surface area contributed by atoms with Crippen molar-refractivity contribution in [2.75, 3.05) is 12.0 Å². The van der Waals surface area contributed by atoms with Gasteiger partial charge in [0.25, 0.3) is 5.89 Å². The predicted octanol–water partition coefficient (Wildman–Crippen LogP) is 5.89. The highest BCUT2D eigenvalue weighted by atomic mass is 32.1. The third-order valence-corrected chi connectivity index (χ3v) is 6.08. The molecule has 1 N–H and O–H groups in total. The molecule has 1 aromatic heterocycles. The summed E-state index contributed by atoms with van der Waals surface area (Å²) in [4.78, 5) is 6.46. The molecule has 176 valence electrons. The fourth-order valence-electron chi connectivity index (χ4n) is 4.02. The number of ether oxygens (including phenoxy) is 1. The van der Waals surface area contributed by atoms with E-state index in [2.05, 4.69) is 15.5 Å². The molecule has 0 spiro atoms. The second kappa shape index (κ2) is 9.27. The summed E-state index contributed by atoms with van der Waals surface area (Å²) in [5, 5.41) is 7.90. The minimum absolute atomic E-state index is 0.268. The zero-order valence-electron chi connectivity index (χ0n) is 18.8. The number of thiocarbonyl (C=S) groups is 1. The molecule has 0 amide bonds. The molecule has 3 aromatic carbocycles. The molecule has 9 heteroatoms. The van der Waals surface area contributed by atoms with Crippen molar-refractivity contribution in [3.8, 4) is 17.1 Å². The summed E-state index contributed by atoms with van der Waals surface area (Å²) < 4.78 is 38.0. The smallest absolute Gasteiger partial charge is 0.258 e. The minimum Gasteiger partial charge on any atom is -0.497 e. The normalized spacial score (nSPS) is 15.8. The molecule has 1 unspecified atom stereocenters. The first-order valence-corrected chi connectivity index (χ1v) is 11.2. The van der Waals surface area contributed by atoms with E-state index in [0.29, 0.717) is 22.1 Å². The Bertz CT molecular complexity index is 1400. The average Bonchev–Trinajstić information content (AvgIpc) is 3.35. The molecule has 1 aliphatic rings. The van der Waals surface area contributed by atoms with Gasteiger partial charge in [0.15, 0.2) is 5.11 Å². The molecule has 4 aromatic rings.